The molecule has 0 radical (unpaired) electrons. The fourth-order valence-corrected chi connectivity index (χ4v) is 1.02. The zero-order valence-electron chi connectivity index (χ0n) is 10.3. The van der Waals surface area contributed by atoms with Gasteiger partial charge in [-0.3, -0.25) is 4.79 Å². The number of carboxylic acid groups (broad SMARTS) is 1. The average Bonchev–Trinajstić information content (AvgIpc) is 2.26. The van der Waals surface area contributed by atoms with E-state index in [1.54, 1.807) is 6.92 Å². The van der Waals surface area contributed by atoms with E-state index in [-0.39, 0.29) is 6.61 Å². The molecule has 0 aromatic heterocycles. The van der Waals surface area contributed by atoms with Crippen LogP contribution < -0.4 is 0 Å². The number of hydrogen-bond donors (Lipinski definition) is 2. The summed E-state index contributed by atoms with van der Waals surface area (Å²) in [4.78, 5) is 20.5. The van der Waals surface area contributed by atoms with Crippen molar-refractivity contribution in [3.63, 3.8) is 0 Å². The summed E-state index contributed by atoms with van der Waals surface area (Å²) in [5.74, 6) is -1.30. The largest absolute Gasteiger partial charge is 0.481 e. The van der Waals surface area contributed by atoms with Crippen LogP contribution in [0.1, 0.15) is 39.5 Å². The third-order valence-electron chi connectivity index (χ3n) is 1.66. The minimum Gasteiger partial charge on any atom is -0.481 e. The molecule has 0 saturated heterocycles. The van der Waals surface area contributed by atoms with E-state index >= 15 is 0 Å². The molecule has 0 fully saturated rings. The Kier molecular flexibility index (Phi) is 14.5. The summed E-state index contributed by atoms with van der Waals surface area (Å²) in [5.41, 5.74) is 0. The molecule has 17 heavy (non-hydrogen) atoms. The molecule has 0 rings (SSSR count). The van der Waals surface area contributed by atoms with Gasteiger partial charge in [-0.25, -0.2) is 4.79 Å². The molecule has 0 aromatic rings. The molecule has 0 aliphatic heterocycles. The number of aliphatic hydroxyl groups is 1. The van der Waals surface area contributed by atoms with Crippen molar-refractivity contribution >= 4 is 23.5 Å². The van der Waals surface area contributed by atoms with Crippen molar-refractivity contribution in [3.8, 4) is 0 Å². The number of unbranched alkanes of at least 4 members (excludes halogenated alkanes) is 2. The fraction of sp³-hybridized carbons (Fsp3) is 0.818. The number of alkyl halides is 1. The van der Waals surface area contributed by atoms with Crippen molar-refractivity contribution in [3.05, 3.63) is 0 Å². The van der Waals surface area contributed by atoms with Gasteiger partial charge in [-0.15, -0.1) is 11.6 Å². The summed E-state index contributed by atoms with van der Waals surface area (Å²) in [6.45, 7) is 3.88. The zero-order valence-corrected chi connectivity index (χ0v) is 11.1. The number of carboxylic acids is 1. The summed E-state index contributed by atoms with van der Waals surface area (Å²) in [6, 6.07) is 0. The van der Waals surface area contributed by atoms with E-state index in [0.717, 1.165) is 5.88 Å². The van der Waals surface area contributed by atoms with Crippen LogP contribution >= 0.6 is 11.6 Å². The van der Waals surface area contributed by atoms with Crippen molar-refractivity contribution in [2.75, 3.05) is 12.5 Å². The molecule has 0 saturated carbocycles. The standard InChI is InChI=1S/C6H10O5.C5H11Cl/c1-2-11-6(10)4(7)3-5(8)9;1-2-3-4-5-6/h4,7H,2-3H2,1H3,(H,8,9);2-5H2,1H3. The molecule has 0 amide bonds. The van der Waals surface area contributed by atoms with Gasteiger partial charge in [0.05, 0.1) is 13.0 Å². The second kappa shape index (κ2) is 13.3. The average molecular weight is 269 g/mol. The second-order valence-corrected chi connectivity index (χ2v) is 3.64. The molecule has 0 aliphatic carbocycles. The van der Waals surface area contributed by atoms with Gasteiger partial charge < -0.3 is 14.9 Å². The van der Waals surface area contributed by atoms with E-state index < -0.39 is 24.5 Å². The summed E-state index contributed by atoms with van der Waals surface area (Å²) in [7, 11) is 0. The van der Waals surface area contributed by atoms with Gasteiger partial charge in [-0.2, -0.15) is 0 Å². The molecular formula is C11H21ClO5. The Morgan fingerprint density at radius 2 is 1.88 bits per heavy atom. The molecule has 0 heterocycles. The Labute approximate surface area is 107 Å². The molecule has 2 N–H and O–H groups in total. The van der Waals surface area contributed by atoms with E-state index in [9.17, 15) is 9.59 Å². The number of hydrogen-bond acceptors (Lipinski definition) is 4. The van der Waals surface area contributed by atoms with Crippen LogP contribution in [0.2, 0.25) is 0 Å². The number of carbonyl (C=O) groups is 2. The number of ether oxygens (including phenoxy) is 1. The van der Waals surface area contributed by atoms with Gasteiger partial charge in [0.2, 0.25) is 0 Å². The number of carbonyl (C=O) groups excluding carboxylic acids is 1. The molecule has 102 valence electrons. The molecular weight excluding hydrogens is 248 g/mol. The maximum atomic E-state index is 10.5. The molecule has 0 aromatic carbocycles. The van der Waals surface area contributed by atoms with Crippen molar-refractivity contribution in [1.82, 2.24) is 0 Å². The lowest BCUT2D eigenvalue weighted by Gasteiger charge is -2.05. The first-order valence-corrected chi connectivity index (χ1v) is 6.15. The number of aliphatic hydroxyl groups excluding tert-OH is 1. The van der Waals surface area contributed by atoms with Gasteiger partial charge in [-0.1, -0.05) is 19.8 Å². The highest BCUT2D eigenvalue weighted by atomic mass is 35.5. The smallest absolute Gasteiger partial charge is 0.335 e. The summed E-state index contributed by atoms with van der Waals surface area (Å²) >= 11 is 5.38. The van der Waals surface area contributed by atoms with Crippen molar-refractivity contribution < 1.29 is 24.5 Å². The maximum absolute atomic E-state index is 10.5. The van der Waals surface area contributed by atoms with Crippen LogP contribution in [0, 0.1) is 0 Å². The van der Waals surface area contributed by atoms with Gasteiger partial charge in [0.15, 0.2) is 6.10 Å². The van der Waals surface area contributed by atoms with Crippen molar-refractivity contribution in [1.29, 1.82) is 0 Å². The lowest BCUT2D eigenvalue weighted by Crippen LogP contribution is -2.25. The second-order valence-electron chi connectivity index (χ2n) is 3.26. The lowest BCUT2D eigenvalue weighted by atomic mass is 10.2. The molecule has 0 spiro atoms. The molecule has 5 nitrogen and oxygen atoms in total. The third-order valence-corrected chi connectivity index (χ3v) is 1.93. The summed E-state index contributed by atoms with van der Waals surface area (Å²) in [6.07, 6.45) is 1.57. The summed E-state index contributed by atoms with van der Waals surface area (Å²) < 4.78 is 4.35. The number of halogens is 1. The number of rotatable bonds is 7. The monoisotopic (exact) mass is 268 g/mol. The van der Waals surface area contributed by atoms with E-state index in [1.807, 2.05) is 0 Å². The first kappa shape index (κ1) is 18.6. The van der Waals surface area contributed by atoms with Gasteiger partial charge >= 0.3 is 11.9 Å². The highest BCUT2D eigenvalue weighted by Gasteiger charge is 2.18. The highest BCUT2D eigenvalue weighted by molar-refractivity contribution is 6.17. The minimum absolute atomic E-state index is 0.134. The topological polar surface area (TPSA) is 83.8 Å². The summed E-state index contributed by atoms with van der Waals surface area (Å²) in [5, 5.41) is 16.9. The first-order chi connectivity index (χ1) is 7.99. The van der Waals surface area contributed by atoms with Gasteiger partial charge in [-0.05, 0) is 13.3 Å². The third kappa shape index (κ3) is 15.2. The van der Waals surface area contributed by atoms with Crippen molar-refractivity contribution in [2.45, 2.75) is 45.6 Å². The normalized spacial score (nSPS) is 11.1. The predicted octanol–water partition coefficient (Wildman–Crippen LogP) is 1.80. The molecule has 0 aliphatic rings. The van der Waals surface area contributed by atoms with E-state index in [0.29, 0.717) is 0 Å². The van der Waals surface area contributed by atoms with Crippen LogP contribution in [0.4, 0.5) is 0 Å². The SMILES string of the molecule is CCCCCCl.CCOC(=O)C(O)CC(=O)O. The molecule has 1 unspecified atom stereocenters. The van der Waals surface area contributed by atoms with Crippen LogP contribution in [0.3, 0.4) is 0 Å². The molecule has 1 atom stereocenters. The Hall–Kier alpha value is -0.810. The van der Waals surface area contributed by atoms with E-state index in [1.165, 1.54) is 19.3 Å². The quantitative estimate of drug-likeness (QED) is 0.418. The minimum atomic E-state index is -1.55. The lowest BCUT2D eigenvalue weighted by molar-refractivity contribution is -0.157. The zero-order chi connectivity index (χ0) is 13.7. The van der Waals surface area contributed by atoms with Crippen LogP contribution in [-0.4, -0.2) is 40.7 Å². The Bertz CT molecular complexity index is 204. The van der Waals surface area contributed by atoms with E-state index in [4.69, 9.17) is 21.8 Å². The fourth-order valence-electron chi connectivity index (χ4n) is 0.832. The van der Waals surface area contributed by atoms with Crippen LogP contribution in [-0.2, 0) is 14.3 Å². The molecule has 6 heteroatoms. The molecule has 0 bridgehead atoms. The Morgan fingerprint density at radius 1 is 1.29 bits per heavy atom. The van der Waals surface area contributed by atoms with Gasteiger partial charge in [0.1, 0.15) is 0 Å². The predicted molar refractivity (Wildman–Crippen MR) is 65.1 cm³/mol. The van der Waals surface area contributed by atoms with Crippen LogP contribution in [0.5, 0.6) is 0 Å². The van der Waals surface area contributed by atoms with Crippen molar-refractivity contribution in [2.24, 2.45) is 0 Å². The van der Waals surface area contributed by atoms with E-state index in [2.05, 4.69) is 11.7 Å². The van der Waals surface area contributed by atoms with Gasteiger partial charge in [0, 0.05) is 5.88 Å². The Balaban J connectivity index is 0. The van der Waals surface area contributed by atoms with Gasteiger partial charge in [0.25, 0.3) is 0 Å². The maximum Gasteiger partial charge on any atom is 0.335 e. The van der Waals surface area contributed by atoms with Crippen LogP contribution in [0.15, 0.2) is 0 Å². The van der Waals surface area contributed by atoms with Crippen LogP contribution in [0.25, 0.3) is 0 Å². The first-order valence-electron chi connectivity index (χ1n) is 5.61. The number of esters is 1. The Morgan fingerprint density at radius 3 is 2.18 bits per heavy atom. The highest BCUT2D eigenvalue weighted by Crippen LogP contribution is 1.94. The number of aliphatic carboxylic acids is 1.